The average Bonchev–Trinajstić information content (AvgIpc) is 3.13. The summed E-state index contributed by atoms with van der Waals surface area (Å²) in [5, 5.41) is 6.28. The summed E-state index contributed by atoms with van der Waals surface area (Å²) < 4.78 is 42.4. The molecule has 0 saturated heterocycles. The molecule has 0 bridgehead atoms. The fourth-order valence-corrected chi connectivity index (χ4v) is 4.30. The lowest BCUT2D eigenvalue weighted by atomic mass is 10.0. The van der Waals surface area contributed by atoms with Crippen molar-refractivity contribution in [1.29, 1.82) is 0 Å². The predicted octanol–water partition coefficient (Wildman–Crippen LogP) is 4.55. The Bertz CT molecular complexity index is 1380. The van der Waals surface area contributed by atoms with Gasteiger partial charge >= 0.3 is 6.18 Å². The zero-order valence-corrected chi connectivity index (χ0v) is 18.8. The molecule has 1 atom stereocenters. The molecule has 1 aromatic carbocycles. The van der Waals surface area contributed by atoms with Crippen LogP contribution in [0.3, 0.4) is 0 Å². The van der Waals surface area contributed by atoms with Crippen LogP contribution in [0.2, 0.25) is 0 Å². The molecule has 1 N–H and O–H groups in total. The van der Waals surface area contributed by atoms with Crippen LogP contribution in [-0.4, -0.2) is 36.8 Å². The van der Waals surface area contributed by atoms with Crippen LogP contribution < -0.4 is 5.32 Å². The van der Waals surface area contributed by atoms with Crippen LogP contribution in [0.15, 0.2) is 61.2 Å². The average molecular weight is 478 g/mol. The van der Waals surface area contributed by atoms with Gasteiger partial charge < -0.3 is 5.32 Å². The van der Waals surface area contributed by atoms with E-state index >= 15 is 0 Å². The molecule has 1 amide bonds. The van der Waals surface area contributed by atoms with E-state index in [9.17, 15) is 18.0 Å². The van der Waals surface area contributed by atoms with Crippen molar-refractivity contribution in [1.82, 2.24) is 30.0 Å². The van der Waals surface area contributed by atoms with Crippen molar-refractivity contribution >= 4 is 5.91 Å². The van der Waals surface area contributed by atoms with Gasteiger partial charge in [-0.2, -0.15) is 18.3 Å². The Morgan fingerprint density at radius 2 is 1.86 bits per heavy atom. The maximum atomic E-state index is 13.7. The number of fused-ring (bicyclic) bond motifs is 3. The molecule has 5 rings (SSSR count). The van der Waals surface area contributed by atoms with E-state index < -0.39 is 18.1 Å². The van der Waals surface area contributed by atoms with Gasteiger partial charge in [0.2, 0.25) is 0 Å². The molecule has 1 aliphatic rings. The predicted molar refractivity (Wildman–Crippen MR) is 122 cm³/mol. The maximum Gasteiger partial charge on any atom is 0.412 e. The van der Waals surface area contributed by atoms with Crippen LogP contribution in [-0.2, 0) is 12.8 Å². The van der Waals surface area contributed by atoms with Crippen molar-refractivity contribution in [3.8, 4) is 17.2 Å². The van der Waals surface area contributed by atoms with Gasteiger partial charge in [-0.15, -0.1) is 0 Å². The molecule has 4 aromatic rings. The van der Waals surface area contributed by atoms with Gasteiger partial charge in [-0.25, -0.2) is 14.6 Å². The highest BCUT2D eigenvalue weighted by molar-refractivity contribution is 5.95. The Labute approximate surface area is 199 Å². The molecular weight excluding hydrogens is 457 g/mol. The lowest BCUT2D eigenvalue weighted by Gasteiger charge is -2.21. The second-order valence-electron chi connectivity index (χ2n) is 8.34. The van der Waals surface area contributed by atoms with Crippen molar-refractivity contribution in [3.63, 3.8) is 0 Å². The monoisotopic (exact) mass is 478 g/mol. The maximum absolute atomic E-state index is 13.7. The first-order valence-electron chi connectivity index (χ1n) is 11.1. The van der Waals surface area contributed by atoms with Gasteiger partial charge in [-0.05, 0) is 43.4 Å². The Kier molecular flexibility index (Phi) is 5.80. The number of carbonyl (C=O) groups excluding carboxylic acids is 1. The third kappa shape index (κ3) is 4.39. The summed E-state index contributed by atoms with van der Waals surface area (Å²) in [6.07, 6.45) is 3.48. The van der Waals surface area contributed by atoms with Crippen LogP contribution >= 0.6 is 0 Å². The Morgan fingerprint density at radius 1 is 1.06 bits per heavy atom. The van der Waals surface area contributed by atoms with Gasteiger partial charge in [0, 0.05) is 29.7 Å². The Morgan fingerprint density at radius 3 is 2.63 bits per heavy atom. The van der Waals surface area contributed by atoms with E-state index in [0.717, 1.165) is 42.3 Å². The summed E-state index contributed by atoms with van der Waals surface area (Å²) >= 11 is 0. The molecule has 35 heavy (non-hydrogen) atoms. The number of hydrogen-bond acceptors (Lipinski definition) is 5. The first kappa shape index (κ1) is 22.7. The van der Waals surface area contributed by atoms with Crippen molar-refractivity contribution in [3.05, 3.63) is 89.1 Å². The molecule has 3 aromatic heterocycles. The van der Waals surface area contributed by atoms with Gasteiger partial charge in [0.1, 0.15) is 0 Å². The number of benzene rings is 1. The number of hydrogen-bond donors (Lipinski definition) is 1. The quantitative estimate of drug-likeness (QED) is 0.465. The molecule has 1 aliphatic carbocycles. The zero-order valence-electron chi connectivity index (χ0n) is 18.8. The van der Waals surface area contributed by atoms with Gasteiger partial charge in [0.05, 0.1) is 23.1 Å². The zero-order chi connectivity index (χ0) is 24.6. The van der Waals surface area contributed by atoms with Crippen molar-refractivity contribution in [2.45, 2.75) is 38.4 Å². The largest absolute Gasteiger partial charge is 0.412 e. The van der Waals surface area contributed by atoms with Crippen molar-refractivity contribution in [2.75, 3.05) is 0 Å². The smallest absolute Gasteiger partial charge is 0.337 e. The number of carbonyl (C=O) groups is 1. The molecule has 0 saturated carbocycles. The normalized spacial score (nSPS) is 13.9. The summed E-state index contributed by atoms with van der Waals surface area (Å²) in [6.45, 7) is 1.59. The lowest BCUT2D eigenvalue weighted by molar-refractivity contribution is -0.155. The molecule has 7 nitrogen and oxygen atoms in total. The number of nitrogens with one attached hydrogen (secondary N) is 1. The van der Waals surface area contributed by atoms with Crippen molar-refractivity contribution < 1.29 is 18.0 Å². The van der Waals surface area contributed by atoms with E-state index in [1.807, 2.05) is 18.2 Å². The minimum absolute atomic E-state index is 0.00193. The number of alkyl halides is 3. The molecule has 0 fully saturated rings. The number of aryl methyl sites for hydroxylation is 2. The van der Waals surface area contributed by atoms with Crippen LogP contribution in [0.25, 0.3) is 17.2 Å². The third-order valence-corrected chi connectivity index (χ3v) is 6.08. The summed E-state index contributed by atoms with van der Waals surface area (Å²) in [6, 6.07) is 8.49. The molecule has 178 valence electrons. The van der Waals surface area contributed by atoms with Crippen LogP contribution in [0.5, 0.6) is 0 Å². The highest BCUT2D eigenvalue weighted by atomic mass is 19.4. The topological polar surface area (TPSA) is 85.6 Å². The summed E-state index contributed by atoms with van der Waals surface area (Å²) in [7, 11) is 0. The summed E-state index contributed by atoms with van der Waals surface area (Å²) in [4.78, 5) is 25.8. The SMILES string of the molecule is Cc1c(C(=O)NC(c2cccnc2)C(F)(F)F)cnn1-c1ncc2c(n1)-c1ccccc1CCC2. The minimum atomic E-state index is -4.70. The number of pyridine rings is 1. The highest BCUT2D eigenvalue weighted by Crippen LogP contribution is 2.33. The van der Waals surface area contributed by atoms with Gasteiger partial charge in [0.15, 0.2) is 6.04 Å². The number of halogens is 3. The minimum Gasteiger partial charge on any atom is -0.337 e. The van der Waals surface area contributed by atoms with Gasteiger partial charge in [-0.3, -0.25) is 9.78 Å². The first-order valence-corrected chi connectivity index (χ1v) is 11.1. The Balaban J connectivity index is 1.47. The molecule has 0 aliphatic heterocycles. The molecule has 10 heteroatoms. The Hall–Kier alpha value is -4.08. The van der Waals surface area contributed by atoms with Gasteiger partial charge in [-0.1, -0.05) is 30.3 Å². The van der Waals surface area contributed by atoms with Crippen molar-refractivity contribution in [2.24, 2.45) is 0 Å². The van der Waals surface area contributed by atoms with Gasteiger partial charge in [0.25, 0.3) is 11.9 Å². The molecule has 1 unspecified atom stereocenters. The van der Waals surface area contributed by atoms with E-state index in [2.05, 4.69) is 26.4 Å². The number of nitrogens with zero attached hydrogens (tertiary/aromatic N) is 5. The second kappa shape index (κ2) is 8.94. The highest BCUT2D eigenvalue weighted by Gasteiger charge is 2.42. The van der Waals surface area contributed by atoms with Crippen LogP contribution in [0.4, 0.5) is 13.2 Å². The second-order valence-corrected chi connectivity index (χ2v) is 8.34. The van der Waals surface area contributed by atoms with E-state index in [-0.39, 0.29) is 17.1 Å². The number of aromatic nitrogens is 5. The van der Waals surface area contributed by atoms with Crippen LogP contribution in [0.1, 0.15) is 45.2 Å². The first-order chi connectivity index (χ1) is 16.8. The molecular formula is C25H21F3N6O. The lowest BCUT2D eigenvalue weighted by Crippen LogP contribution is -2.38. The molecule has 0 radical (unpaired) electrons. The summed E-state index contributed by atoms with van der Waals surface area (Å²) in [5.41, 5.74) is 4.21. The number of amides is 1. The van der Waals surface area contributed by atoms with E-state index in [0.29, 0.717) is 5.69 Å². The van der Waals surface area contributed by atoms with E-state index in [4.69, 9.17) is 4.98 Å². The number of rotatable bonds is 4. The fraction of sp³-hybridized carbons (Fsp3) is 0.240. The van der Waals surface area contributed by atoms with Crippen LogP contribution in [0, 0.1) is 6.92 Å². The van der Waals surface area contributed by atoms with E-state index in [1.165, 1.54) is 34.8 Å². The standard InChI is InChI=1S/C25H21F3N6O/c1-15-20(23(35)33-22(25(26,27)28)18-9-5-11-29-12-18)14-31-34(15)24-30-13-17-8-4-7-16-6-2-3-10-19(16)21(17)32-24/h2-3,5-6,9-14,22H,4,7-8H2,1H3,(H,33,35). The fourth-order valence-electron chi connectivity index (χ4n) is 4.30. The molecule has 0 spiro atoms. The third-order valence-electron chi connectivity index (χ3n) is 6.08. The molecule has 3 heterocycles. The van der Waals surface area contributed by atoms with E-state index in [1.54, 1.807) is 13.1 Å². The summed E-state index contributed by atoms with van der Waals surface area (Å²) in [5.74, 6) is -0.656.